The zero-order chi connectivity index (χ0) is 14.1. The minimum absolute atomic E-state index is 0.222. The predicted octanol–water partition coefficient (Wildman–Crippen LogP) is 3.20. The molecule has 0 fully saturated rings. The highest BCUT2D eigenvalue weighted by Crippen LogP contribution is 2.21. The Morgan fingerprint density at radius 1 is 1.50 bits per heavy atom. The van der Waals surface area contributed by atoms with Crippen LogP contribution in [0.1, 0.15) is 24.3 Å². The third kappa shape index (κ3) is 3.76. The van der Waals surface area contributed by atoms with Crippen LogP contribution in [-0.2, 0) is 7.05 Å². The second-order valence-corrected chi connectivity index (χ2v) is 5.21. The van der Waals surface area contributed by atoms with Crippen LogP contribution < -0.4 is 0 Å². The van der Waals surface area contributed by atoms with Crippen molar-refractivity contribution >= 4 is 21.8 Å². The Labute approximate surface area is 112 Å². The van der Waals surface area contributed by atoms with Crippen molar-refractivity contribution in [2.45, 2.75) is 26.1 Å². The van der Waals surface area contributed by atoms with Crippen molar-refractivity contribution in [1.29, 1.82) is 0 Å². The molecule has 1 rings (SSSR count). The number of hydrogen-bond acceptors (Lipinski definition) is 1. The first-order chi connectivity index (χ1) is 8.11. The van der Waals surface area contributed by atoms with Gasteiger partial charge in [-0.05, 0) is 35.8 Å². The van der Waals surface area contributed by atoms with Crippen molar-refractivity contribution in [2.24, 2.45) is 7.05 Å². The van der Waals surface area contributed by atoms with E-state index in [0.717, 1.165) is 4.90 Å². The highest BCUT2D eigenvalue weighted by atomic mass is 79.9. The molecule has 0 atom stereocenters. The molecular formula is C11H14BrF3N2O. The van der Waals surface area contributed by atoms with E-state index < -0.39 is 24.7 Å². The third-order valence-electron chi connectivity index (χ3n) is 2.42. The fraction of sp³-hybridized carbons (Fsp3) is 0.545. The third-order valence-corrected chi connectivity index (χ3v) is 2.86. The Morgan fingerprint density at radius 2 is 2.06 bits per heavy atom. The molecule has 0 aliphatic rings. The molecule has 3 nitrogen and oxygen atoms in total. The Kier molecular flexibility index (Phi) is 4.47. The number of alkyl halides is 3. The summed E-state index contributed by atoms with van der Waals surface area (Å²) in [7, 11) is 1.62. The van der Waals surface area contributed by atoms with Crippen molar-refractivity contribution in [3.05, 3.63) is 22.4 Å². The first-order valence-corrected chi connectivity index (χ1v) is 6.10. The molecule has 102 valence electrons. The number of carbonyl (C=O) groups excluding carboxylic acids is 1. The molecule has 0 saturated heterocycles. The van der Waals surface area contributed by atoms with Gasteiger partial charge in [-0.1, -0.05) is 0 Å². The molecular weight excluding hydrogens is 313 g/mol. The number of aromatic nitrogens is 1. The molecule has 0 aliphatic carbocycles. The highest BCUT2D eigenvalue weighted by Gasteiger charge is 2.35. The highest BCUT2D eigenvalue weighted by molar-refractivity contribution is 9.10. The van der Waals surface area contributed by atoms with Crippen LogP contribution in [-0.4, -0.2) is 34.1 Å². The van der Waals surface area contributed by atoms with E-state index in [4.69, 9.17) is 0 Å². The van der Waals surface area contributed by atoms with E-state index in [9.17, 15) is 18.0 Å². The van der Waals surface area contributed by atoms with Gasteiger partial charge < -0.3 is 9.47 Å². The molecule has 0 saturated carbocycles. The van der Waals surface area contributed by atoms with Gasteiger partial charge in [-0.15, -0.1) is 0 Å². The van der Waals surface area contributed by atoms with Crippen LogP contribution in [0, 0.1) is 0 Å². The van der Waals surface area contributed by atoms with Crippen molar-refractivity contribution in [1.82, 2.24) is 9.47 Å². The zero-order valence-corrected chi connectivity index (χ0v) is 11.8. The van der Waals surface area contributed by atoms with Gasteiger partial charge in [-0.3, -0.25) is 4.79 Å². The van der Waals surface area contributed by atoms with Gasteiger partial charge in [0.05, 0.1) is 0 Å². The van der Waals surface area contributed by atoms with Crippen molar-refractivity contribution < 1.29 is 18.0 Å². The van der Waals surface area contributed by atoms with E-state index in [0.29, 0.717) is 4.47 Å². The average Bonchev–Trinajstić information content (AvgIpc) is 2.51. The van der Waals surface area contributed by atoms with Gasteiger partial charge in [0.15, 0.2) is 0 Å². The van der Waals surface area contributed by atoms with Crippen molar-refractivity contribution in [3.8, 4) is 0 Å². The quantitative estimate of drug-likeness (QED) is 0.837. The number of amides is 1. The number of carbonyl (C=O) groups is 1. The van der Waals surface area contributed by atoms with Crippen LogP contribution in [0.15, 0.2) is 16.7 Å². The molecule has 1 amide bonds. The minimum Gasteiger partial charge on any atom is -0.345 e. The number of hydrogen-bond donors (Lipinski definition) is 0. The van der Waals surface area contributed by atoms with E-state index in [2.05, 4.69) is 15.9 Å². The van der Waals surface area contributed by atoms with Crippen LogP contribution in [0.25, 0.3) is 0 Å². The first kappa shape index (κ1) is 15.1. The second-order valence-electron chi connectivity index (χ2n) is 4.30. The van der Waals surface area contributed by atoms with Crippen LogP contribution in [0.2, 0.25) is 0 Å². The van der Waals surface area contributed by atoms with Gasteiger partial charge in [0.2, 0.25) is 0 Å². The maximum atomic E-state index is 12.4. The van der Waals surface area contributed by atoms with E-state index in [1.165, 1.54) is 10.6 Å². The summed E-state index contributed by atoms with van der Waals surface area (Å²) >= 11 is 3.19. The molecule has 18 heavy (non-hydrogen) atoms. The number of nitrogens with zero attached hydrogens (tertiary/aromatic N) is 2. The summed E-state index contributed by atoms with van der Waals surface area (Å²) in [4.78, 5) is 12.9. The normalized spacial score (nSPS) is 12.0. The van der Waals surface area contributed by atoms with Crippen molar-refractivity contribution in [3.63, 3.8) is 0 Å². The van der Waals surface area contributed by atoms with Crippen LogP contribution in [0.5, 0.6) is 0 Å². The SMILES string of the molecule is CC(C)N(CC(F)(F)F)C(=O)c1cc(Br)cn1C. The Morgan fingerprint density at radius 3 is 2.39 bits per heavy atom. The van der Waals surface area contributed by atoms with Gasteiger partial charge in [-0.25, -0.2) is 0 Å². The van der Waals surface area contributed by atoms with Crippen LogP contribution >= 0.6 is 15.9 Å². The molecule has 0 N–H and O–H groups in total. The Hall–Kier alpha value is -0.980. The Balaban J connectivity index is 3.00. The van der Waals surface area contributed by atoms with Gasteiger partial charge >= 0.3 is 6.18 Å². The molecule has 0 aromatic carbocycles. The van der Waals surface area contributed by atoms with Gasteiger partial charge in [-0.2, -0.15) is 13.2 Å². The van der Waals surface area contributed by atoms with Gasteiger partial charge in [0, 0.05) is 23.8 Å². The molecule has 0 aliphatic heterocycles. The lowest BCUT2D eigenvalue weighted by molar-refractivity contribution is -0.143. The standard InChI is InChI=1S/C11H14BrF3N2O/c1-7(2)17(6-11(13,14)15)10(18)9-4-8(12)5-16(9)3/h4-5,7H,6H2,1-3H3. The summed E-state index contributed by atoms with van der Waals surface area (Å²) in [5.41, 5.74) is 0.222. The lowest BCUT2D eigenvalue weighted by Crippen LogP contribution is -2.43. The molecule has 1 aromatic rings. The number of aryl methyl sites for hydroxylation is 1. The minimum atomic E-state index is -4.40. The lowest BCUT2D eigenvalue weighted by atomic mass is 10.2. The molecule has 0 unspecified atom stereocenters. The van der Waals surface area contributed by atoms with Crippen LogP contribution in [0.4, 0.5) is 13.2 Å². The van der Waals surface area contributed by atoms with E-state index in [-0.39, 0.29) is 5.69 Å². The fourth-order valence-electron chi connectivity index (χ4n) is 1.57. The second kappa shape index (κ2) is 5.34. The number of rotatable bonds is 3. The summed E-state index contributed by atoms with van der Waals surface area (Å²) in [6.07, 6.45) is -2.78. The van der Waals surface area contributed by atoms with Crippen molar-refractivity contribution in [2.75, 3.05) is 6.54 Å². The molecule has 0 radical (unpaired) electrons. The fourth-order valence-corrected chi connectivity index (χ4v) is 2.09. The molecule has 1 heterocycles. The molecule has 0 bridgehead atoms. The van der Waals surface area contributed by atoms with Gasteiger partial charge in [0.1, 0.15) is 12.2 Å². The maximum absolute atomic E-state index is 12.4. The molecule has 7 heteroatoms. The molecule has 1 aromatic heterocycles. The summed E-state index contributed by atoms with van der Waals surface area (Å²) in [5.74, 6) is -0.629. The average molecular weight is 327 g/mol. The smallest absolute Gasteiger partial charge is 0.345 e. The predicted molar refractivity (Wildman–Crippen MR) is 65.3 cm³/mol. The topological polar surface area (TPSA) is 25.2 Å². The van der Waals surface area contributed by atoms with E-state index in [1.54, 1.807) is 27.1 Å². The van der Waals surface area contributed by atoms with E-state index in [1.807, 2.05) is 0 Å². The van der Waals surface area contributed by atoms with Gasteiger partial charge in [0.25, 0.3) is 5.91 Å². The summed E-state index contributed by atoms with van der Waals surface area (Å²) in [5, 5.41) is 0. The maximum Gasteiger partial charge on any atom is 0.406 e. The number of halogens is 4. The monoisotopic (exact) mass is 326 g/mol. The molecule has 0 spiro atoms. The van der Waals surface area contributed by atoms with E-state index >= 15 is 0 Å². The first-order valence-electron chi connectivity index (χ1n) is 5.31. The summed E-state index contributed by atoms with van der Waals surface area (Å²) < 4.78 is 39.5. The van der Waals surface area contributed by atoms with Crippen LogP contribution in [0.3, 0.4) is 0 Å². The lowest BCUT2D eigenvalue weighted by Gasteiger charge is -2.27. The summed E-state index contributed by atoms with van der Waals surface area (Å²) in [6, 6.07) is 0.987. The Bertz CT molecular complexity index is 440. The zero-order valence-electron chi connectivity index (χ0n) is 10.3. The largest absolute Gasteiger partial charge is 0.406 e. The summed E-state index contributed by atoms with van der Waals surface area (Å²) in [6.45, 7) is 1.87.